The van der Waals surface area contributed by atoms with Crippen molar-refractivity contribution in [2.45, 2.75) is 26.4 Å². The lowest BCUT2D eigenvalue weighted by Crippen LogP contribution is -2.16. The summed E-state index contributed by atoms with van der Waals surface area (Å²) in [5.41, 5.74) is 1.10. The van der Waals surface area contributed by atoms with E-state index in [0.717, 1.165) is 16.3 Å². The minimum Gasteiger partial charge on any atom is -0.463 e. The second kappa shape index (κ2) is 6.35. The van der Waals surface area contributed by atoms with Gasteiger partial charge in [0, 0.05) is 5.57 Å². The Morgan fingerprint density at radius 3 is 2.48 bits per heavy atom. The molecule has 0 saturated heterocycles. The summed E-state index contributed by atoms with van der Waals surface area (Å²) in [6, 6.07) is 13.5. The number of ether oxygens (including phenoxy) is 1. The molecule has 0 fully saturated rings. The summed E-state index contributed by atoms with van der Waals surface area (Å²) < 4.78 is 4.99. The number of ketones is 1. The molecule has 0 bridgehead atoms. The molecule has 0 heterocycles. The molecule has 0 amide bonds. The maximum atomic E-state index is 12.2. The molecule has 0 unspecified atom stereocenters. The minimum absolute atomic E-state index is 0.226. The lowest BCUT2D eigenvalue weighted by molar-refractivity contribution is -0.148. The van der Waals surface area contributed by atoms with Gasteiger partial charge in [-0.05, 0) is 30.2 Å². The van der Waals surface area contributed by atoms with Gasteiger partial charge in [-0.1, -0.05) is 49.0 Å². The molecule has 0 aliphatic heterocycles. The maximum Gasteiger partial charge on any atom is 0.313 e. The monoisotopic (exact) mass is 282 g/mol. The molecule has 3 nitrogen and oxygen atoms in total. The summed E-state index contributed by atoms with van der Waals surface area (Å²) in [5, 5.41) is 1.99. The zero-order valence-electron chi connectivity index (χ0n) is 12.3. The second-order valence-corrected chi connectivity index (χ2v) is 5.14. The smallest absolute Gasteiger partial charge is 0.313 e. The van der Waals surface area contributed by atoms with E-state index in [9.17, 15) is 9.59 Å². The van der Waals surface area contributed by atoms with Gasteiger partial charge in [0.2, 0.25) is 0 Å². The summed E-state index contributed by atoms with van der Waals surface area (Å²) in [6.07, 6.45) is -0.503. The van der Waals surface area contributed by atoms with Crippen LogP contribution in [0.4, 0.5) is 0 Å². The van der Waals surface area contributed by atoms with Crippen molar-refractivity contribution >= 4 is 28.1 Å². The molecule has 0 aromatic heterocycles. The van der Waals surface area contributed by atoms with Gasteiger partial charge in [-0.2, -0.15) is 0 Å². The number of allylic oxidation sites excluding steroid dienone is 1. The Balaban J connectivity index is 2.22. The van der Waals surface area contributed by atoms with Gasteiger partial charge < -0.3 is 4.74 Å². The van der Waals surface area contributed by atoms with Crippen LogP contribution in [-0.4, -0.2) is 17.9 Å². The Bertz CT molecular complexity index is 693. The lowest BCUT2D eigenvalue weighted by atomic mass is 9.96. The third kappa shape index (κ3) is 3.57. The van der Waals surface area contributed by atoms with Crippen molar-refractivity contribution in [1.29, 1.82) is 0 Å². The number of hydrogen-bond acceptors (Lipinski definition) is 3. The average Bonchev–Trinajstić information content (AvgIpc) is 2.44. The molecule has 2 rings (SSSR count). The first-order valence-electron chi connectivity index (χ1n) is 6.88. The first-order valence-corrected chi connectivity index (χ1v) is 6.88. The van der Waals surface area contributed by atoms with Crippen LogP contribution in [0.5, 0.6) is 0 Å². The normalized spacial score (nSPS) is 10.6. The van der Waals surface area contributed by atoms with Crippen molar-refractivity contribution in [3.8, 4) is 0 Å². The van der Waals surface area contributed by atoms with E-state index in [4.69, 9.17) is 4.74 Å². The Morgan fingerprint density at radius 1 is 1.10 bits per heavy atom. The molecule has 0 aliphatic rings. The van der Waals surface area contributed by atoms with Crippen LogP contribution in [0.15, 0.2) is 49.0 Å². The van der Waals surface area contributed by atoms with E-state index in [1.165, 1.54) is 0 Å². The first-order chi connectivity index (χ1) is 9.99. The highest BCUT2D eigenvalue weighted by atomic mass is 16.5. The van der Waals surface area contributed by atoms with Gasteiger partial charge in [0.15, 0.2) is 5.78 Å². The Labute approximate surface area is 124 Å². The topological polar surface area (TPSA) is 43.4 Å². The molecule has 0 aliphatic carbocycles. The van der Waals surface area contributed by atoms with Gasteiger partial charge in [0.05, 0.1) is 6.10 Å². The van der Waals surface area contributed by atoms with Gasteiger partial charge in [-0.25, -0.2) is 0 Å². The standard InChI is InChI=1S/C18H18O3/c1-12(2)21-18(20)11-17(19)13(3)15-10-6-8-14-7-4-5-9-16(14)15/h4-10,12H,3,11H2,1-2H3. The number of rotatable bonds is 5. The summed E-state index contributed by atoms with van der Waals surface area (Å²) in [5.74, 6) is -0.826. The molecule has 2 aromatic rings. The van der Waals surface area contributed by atoms with E-state index in [2.05, 4.69) is 6.58 Å². The minimum atomic E-state index is -0.517. The van der Waals surface area contributed by atoms with E-state index in [1.807, 2.05) is 42.5 Å². The van der Waals surface area contributed by atoms with Gasteiger partial charge in [0.1, 0.15) is 6.42 Å². The van der Waals surface area contributed by atoms with Crippen LogP contribution < -0.4 is 0 Å². The van der Waals surface area contributed by atoms with Crippen molar-refractivity contribution in [1.82, 2.24) is 0 Å². The first kappa shape index (κ1) is 15.0. The van der Waals surface area contributed by atoms with E-state index in [-0.39, 0.29) is 18.3 Å². The van der Waals surface area contributed by atoms with Crippen molar-refractivity contribution < 1.29 is 14.3 Å². The Morgan fingerprint density at radius 2 is 1.76 bits per heavy atom. The third-order valence-corrected chi connectivity index (χ3v) is 3.12. The summed E-state index contributed by atoms with van der Waals surface area (Å²) >= 11 is 0. The van der Waals surface area contributed by atoms with Crippen molar-refractivity contribution in [2.24, 2.45) is 0 Å². The molecule has 108 valence electrons. The summed E-state index contributed by atoms with van der Waals surface area (Å²) in [4.78, 5) is 23.8. The van der Waals surface area contributed by atoms with Gasteiger partial charge in [0.25, 0.3) is 0 Å². The molecule has 3 heteroatoms. The van der Waals surface area contributed by atoms with E-state index in [0.29, 0.717) is 5.57 Å². The molecular formula is C18H18O3. The molecule has 0 N–H and O–H groups in total. The van der Waals surface area contributed by atoms with Crippen LogP contribution in [-0.2, 0) is 14.3 Å². The fraction of sp³-hybridized carbons (Fsp3) is 0.222. The number of esters is 1. The lowest BCUT2D eigenvalue weighted by Gasteiger charge is -2.10. The number of benzene rings is 2. The molecule has 0 spiro atoms. The van der Waals surface area contributed by atoms with E-state index in [1.54, 1.807) is 13.8 Å². The fourth-order valence-electron chi connectivity index (χ4n) is 2.18. The average molecular weight is 282 g/mol. The second-order valence-electron chi connectivity index (χ2n) is 5.14. The maximum absolute atomic E-state index is 12.2. The highest BCUT2D eigenvalue weighted by Crippen LogP contribution is 2.25. The fourth-order valence-corrected chi connectivity index (χ4v) is 2.18. The molecule has 2 aromatic carbocycles. The molecule has 0 radical (unpaired) electrons. The molecular weight excluding hydrogens is 264 g/mol. The number of fused-ring (bicyclic) bond motifs is 1. The van der Waals surface area contributed by atoms with Crippen LogP contribution in [0.2, 0.25) is 0 Å². The predicted molar refractivity (Wildman–Crippen MR) is 83.8 cm³/mol. The van der Waals surface area contributed by atoms with Crippen LogP contribution in [0, 0.1) is 0 Å². The van der Waals surface area contributed by atoms with Crippen molar-refractivity contribution in [3.63, 3.8) is 0 Å². The highest BCUT2D eigenvalue weighted by molar-refractivity contribution is 6.26. The van der Waals surface area contributed by atoms with Crippen LogP contribution >= 0.6 is 0 Å². The largest absolute Gasteiger partial charge is 0.463 e. The molecule has 0 atom stereocenters. The van der Waals surface area contributed by atoms with E-state index < -0.39 is 5.97 Å². The van der Waals surface area contributed by atoms with E-state index >= 15 is 0 Å². The van der Waals surface area contributed by atoms with Gasteiger partial charge in [-0.15, -0.1) is 0 Å². The summed E-state index contributed by atoms with van der Waals surface area (Å²) in [6.45, 7) is 7.35. The number of carbonyl (C=O) groups is 2. The van der Waals surface area contributed by atoms with Crippen molar-refractivity contribution in [3.05, 3.63) is 54.6 Å². The number of hydrogen-bond donors (Lipinski definition) is 0. The zero-order valence-corrected chi connectivity index (χ0v) is 12.3. The highest BCUT2D eigenvalue weighted by Gasteiger charge is 2.17. The Hall–Kier alpha value is -2.42. The zero-order chi connectivity index (χ0) is 15.4. The number of Topliss-reactive ketones (excluding diaryl/α,β-unsaturated/α-hetero) is 1. The predicted octanol–water partition coefficient (Wildman–Crippen LogP) is 3.76. The third-order valence-electron chi connectivity index (χ3n) is 3.12. The quantitative estimate of drug-likeness (QED) is 0.476. The van der Waals surface area contributed by atoms with Crippen LogP contribution in [0.3, 0.4) is 0 Å². The summed E-state index contributed by atoms with van der Waals surface area (Å²) in [7, 11) is 0. The molecule has 0 saturated carbocycles. The molecule has 21 heavy (non-hydrogen) atoms. The van der Waals surface area contributed by atoms with Gasteiger partial charge in [-0.3, -0.25) is 9.59 Å². The van der Waals surface area contributed by atoms with Crippen LogP contribution in [0.25, 0.3) is 16.3 Å². The SMILES string of the molecule is C=C(C(=O)CC(=O)OC(C)C)c1cccc2ccccc12. The van der Waals surface area contributed by atoms with Gasteiger partial charge >= 0.3 is 5.97 Å². The van der Waals surface area contributed by atoms with Crippen molar-refractivity contribution in [2.75, 3.05) is 0 Å². The Kier molecular flexibility index (Phi) is 4.53. The van der Waals surface area contributed by atoms with Crippen LogP contribution in [0.1, 0.15) is 25.8 Å². The number of carbonyl (C=O) groups excluding carboxylic acids is 2.